The van der Waals surface area contributed by atoms with Crippen molar-refractivity contribution in [2.24, 2.45) is 5.92 Å². The van der Waals surface area contributed by atoms with E-state index in [1.165, 1.54) is 10.8 Å². The molecule has 11 nitrogen and oxygen atoms in total. The van der Waals surface area contributed by atoms with Gasteiger partial charge < -0.3 is 15.5 Å². The van der Waals surface area contributed by atoms with Gasteiger partial charge in [0.2, 0.25) is 17.6 Å². The maximum absolute atomic E-state index is 13.4. The van der Waals surface area contributed by atoms with Crippen LogP contribution in [0.15, 0.2) is 64.1 Å². The van der Waals surface area contributed by atoms with Crippen LogP contribution in [-0.4, -0.2) is 42.5 Å². The molecule has 4 aromatic rings. The van der Waals surface area contributed by atoms with Crippen molar-refractivity contribution in [3.63, 3.8) is 0 Å². The van der Waals surface area contributed by atoms with E-state index in [2.05, 4.69) is 25.5 Å². The average molecular weight is 530 g/mol. The molecule has 202 valence electrons. The van der Waals surface area contributed by atoms with Crippen molar-refractivity contribution in [3.05, 3.63) is 88.3 Å². The molecule has 0 bridgehead atoms. The van der Waals surface area contributed by atoms with Crippen LogP contribution in [0, 0.1) is 12.8 Å². The number of nitrogen functional groups attached to an aromatic ring is 1. The molecule has 0 aliphatic rings. The van der Waals surface area contributed by atoms with Crippen molar-refractivity contribution in [1.29, 1.82) is 0 Å². The Hall–Kier alpha value is -4.67. The number of carbonyl (C=O) groups excluding carboxylic acids is 2. The first-order valence-electron chi connectivity index (χ1n) is 12.5. The summed E-state index contributed by atoms with van der Waals surface area (Å²) in [6.07, 6.45) is 3.18. The van der Waals surface area contributed by atoms with E-state index in [0.29, 0.717) is 17.0 Å². The number of carbonyl (C=O) groups is 2. The van der Waals surface area contributed by atoms with Crippen molar-refractivity contribution in [3.8, 4) is 11.3 Å². The zero-order valence-corrected chi connectivity index (χ0v) is 22.5. The summed E-state index contributed by atoms with van der Waals surface area (Å²) < 4.78 is 7.03. The summed E-state index contributed by atoms with van der Waals surface area (Å²) >= 11 is 0. The Morgan fingerprint density at radius 1 is 1.05 bits per heavy atom. The molecule has 4 rings (SSSR count). The molecule has 3 heterocycles. The first-order valence-corrected chi connectivity index (χ1v) is 12.5. The van der Waals surface area contributed by atoms with Crippen molar-refractivity contribution < 1.29 is 14.0 Å². The predicted molar refractivity (Wildman–Crippen MR) is 145 cm³/mol. The highest BCUT2D eigenvalue weighted by molar-refractivity contribution is 5.98. The number of pyridine rings is 1. The smallest absolute Gasteiger partial charge is 0.294 e. The van der Waals surface area contributed by atoms with Crippen LogP contribution in [0.3, 0.4) is 0 Å². The van der Waals surface area contributed by atoms with Gasteiger partial charge in [0.25, 0.3) is 11.4 Å². The van der Waals surface area contributed by atoms with Gasteiger partial charge in [-0.05, 0) is 43.9 Å². The van der Waals surface area contributed by atoms with Crippen LogP contribution in [0.4, 0.5) is 5.82 Å². The number of aryl methyl sites for hydroxylation is 1. The Labute approximate surface area is 225 Å². The number of ketones is 1. The highest BCUT2D eigenvalue weighted by Gasteiger charge is 2.35. The molecule has 0 aliphatic carbocycles. The van der Waals surface area contributed by atoms with Crippen LogP contribution >= 0.6 is 0 Å². The molecule has 0 radical (unpaired) electrons. The summed E-state index contributed by atoms with van der Waals surface area (Å²) in [6.45, 7) is 8.88. The number of nitrogens with two attached hydrogens (primary N) is 1. The summed E-state index contributed by atoms with van der Waals surface area (Å²) in [4.78, 5) is 47.7. The fourth-order valence-corrected chi connectivity index (χ4v) is 4.05. The zero-order chi connectivity index (χ0) is 28.3. The van der Waals surface area contributed by atoms with Gasteiger partial charge in [0.05, 0.1) is 29.0 Å². The largest absolute Gasteiger partial charge is 0.417 e. The Kier molecular flexibility index (Phi) is 7.70. The number of aromatic nitrogens is 5. The van der Waals surface area contributed by atoms with Crippen LogP contribution in [0.1, 0.15) is 55.5 Å². The minimum atomic E-state index is -0.971. The third-order valence-corrected chi connectivity index (χ3v) is 6.44. The highest BCUT2D eigenvalue weighted by atomic mass is 16.4. The van der Waals surface area contributed by atoms with E-state index >= 15 is 0 Å². The quantitative estimate of drug-likeness (QED) is 0.311. The number of hydrogen-bond acceptors (Lipinski definition) is 9. The summed E-state index contributed by atoms with van der Waals surface area (Å²) in [6, 6.07) is 11.9. The molecule has 0 aliphatic heterocycles. The monoisotopic (exact) mass is 529 g/mol. The third-order valence-electron chi connectivity index (χ3n) is 6.44. The number of Topliss-reactive ketones (excluding diaryl/α,β-unsaturated/α-hetero) is 1. The second-order valence-electron chi connectivity index (χ2n) is 10.2. The molecule has 0 spiro atoms. The fraction of sp³-hybridized carbons (Fsp3) is 0.321. The third kappa shape index (κ3) is 5.77. The molecule has 1 aromatic carbocycles. The summed E-state index contributed by atoms with van der Waals surface area (Å²) in [5, 5.41) is 10.8. The Bertz CT molecular complexity index is 1540. The van der Waals surface area contributed by atoms with E-state index in [4.69, 9.17) is 10.2 Å². The second-order valence-corrected chi connectivity index (χ2v) is 10.2. The SMILES string of the molecule is Cc1ccc(C(C)(C)c2nnc(C(=O)[C@@H](NC(=O)Cn3c(-c4ccccc4)cnc(N)c3=O)C(C)C)o2)nc1. The Morgan fingerprint density at radius 3 is 2.41 bits per heavy atom. The molecule has 0 saturated heterocycles. The number of hydrogen-bond donors (Lipinski definition) is 2. The van der Waals surface area contributed by atoms with E-state index in [1.54, 1.807) is 32.2 Å². The lowest BCUT2D eigenvalue weighted by molar-refractivity contribution is -0.122. The number of nitrogens with zero attached hydrogens (tertiary/aromatic N) is 5. The van der Waals surface area contributed by atoms with Crippen LogP contribution in [0.25, 0.3) is 11.3 Å². The fourth-order valence-electron chi connectivity index (χ4n) is 4.05. The molecule has 39 heavy (non-hydrogen) atoms. The lowest BCUT2D eigenvalue weighted by atomic mass is 9.88. The summed E-state index contributed by atoms with van der Waals surface area (Å²) in [7, 11) is 0. The molecule has 3 N–H and O–H groups in total. The van der Waals surface area contributed by atoms with Gasteiger partial charge in [0, 0.05) is 6.20 Å². The second kappa shape index (κ2) is 11.0. The van der Waals surface area contributed by atoms with Crippen LogP contribution < -0.4 is 16.6 Å². The van der Waals surface area contributed by atoms with E-state index < -0.39 is 28.7 Å². The molecule has 0 saturated carbocycles. The van der Waals surface area contributed by atoms with E-state index in [1.807, 2.05) is 51.1 Å². The van der Waals surface area contributed by atoms with Crippen molar-refractivity contribution in [2.45, 2.75) is 52.6 Å². The van der Waals surface area contributed by atoms with Gasteiger partial charge >= 0.3 is 0 Å². The number of rotatable bonds is 9. The van der Waals surface area contributed by atoms with Gasteiger partial charge in [-0.15, -0.1) is 10.2 Å². The van der Waals surface area contributed by atoms with Gasteiger partial charge in [-0.2, -0.15) is 0 Å². The Balaban J connectivity index is 1.56. The number of benzene rings is 1. The van der Waals surface area contributed by atoms with Crippen molar-refractivity contribution in [1.82, 2.24) is 30.0 Å². The topological polar surface area (TPSA) is 159 Å². The van der Waals surface area contributed by atoms with Gasteiger partial charge in [0.1, 0.15) is 6.54 Å². The number of amides is 1. The first-order chi connectivity index (χ1) is 18.5. The average Bonchev–Trinajstić information content (AvgIpc) is 3.42. The first kappa shape index (κ1) is 27.4. The zero-order valence-electron chi connectivity index (χ0n) is 22.5. The van der Waals surface area contributed by atoms with E-state index in [0.717, 1.165) is 5.56 Å². The standard InChI is InChI=1S/C28H31N7O4/c1-16(2)22(23(37)25-33-34-27(39-25)28(4,5)20-12-11-17(3)13-30-20)32-21(36)15-35-19(14-31-24(29)26(35)38)18-9-7-6-8-10-18/h6-14,16,22H,15H2,1-5H3,(H2,29,31)(H,32,36)/t22-/m0/s1. The molecule has 3 aromatic heterocycles. The molecular formula is C28H31N7O4. The Morgan fingerprint density at radius 2 is 1.77 bits per heavy atom. The molecule has 0 unspecified atom stereocenters. The van der Waals surface area contributed by atoms with Gasteiger partial charge in [0.15, 0.2) is 5.82 Å². The number of anilines is 1. The predicted octanol–water partition coefficient (Wildman–Crippen LogP) is 2.93. The van der Waals surface area contributed by atoms with Crippen LogP contribution in [-0.2, 0) is 16.8 Å². The van der Waals surface area contributed by atoms with E-state index in [9.17, 15) is 14.4 Å². The van der Waals surface area contributed by atoms with Gasteiger partial charge in [-0.1, -0.05) is 50.2 Å². The van der Waals surface area contributed by atoms with Gasteiger partial charge in [-0.3, -0.25) is 23.9 Å². The highest BCUT2D eigenvalue weighted by Crippen LogP contribution is 2.29. The summed E-state index contributed by atoms with van der Waals surface area (Å²) in [5.41, 5.74) is 7.23. The molecule has 1 atom stereocenters. The van der Waals surface area contributed by atoms with Crippen LogP contribution in [0.2, 0.25) is 0 Å². The van der Waals surface area contributed by atoms with Crippen LogP contribution in [0.5, 0.6) is 0 Å². The maximum atomic E-state index is 13.4. The minimum absolute atomic E-state index is 0.223. The molecule has 0 fully saturated rings. The minimum Gasteiger partial charge on any atom is -0.417 e. The van der Waals surface area contributed by atoms with E-state index in [-0.39, 0.29) is 30.1 Å². The normalized spacial score (nSPS) is 12.4. The lowest BCUT2D eigenvalue weighted by Crippen LogP contribution is -2.46. The maximum Gasteiger partial charge on any atom is 0.294 e. The molecule has 1 amide bonds. The molecular weight excluding hydrogens is 498 g/mol. The van der Waals surface area contributed by atoms with Gasteiger partial charge in [-0.25, -0.2) is 4.98 Å². The number of nitrogens with one attached hydrogen (secondary N) is 1. The van der Waals surface area contributed by atoms with Crippen molar-refractivity contribution in [2.75, 3.05) is 5.73 Å². The lowest BCUT2D eigenvalue weighted by Gasteiger charge is -2.21. The van der Waals surface area contributed by atoms with Crippen molar-refractivity contribution >= 4 is 17.5 Å². The molecule has 11 heteroatoms. The summed E-state index contributed by atoms with van der Waals surface area (Å²) in [5.74, 6) is -1.63.